The maximum Gasteiger partial charge on any atom is 0.279 e. The number of ether oxygens (including phenoxy) is 1. The SMILES string of the molecule is COc1ccc(NC(=O)C[NH+]2CCC[C@H](C)C2)cc1. The van der Waals surface area contributed by atoms with Crippen LogP contribution in [0.2, 0.25) is 0 Å². The molecule has 2 atom stereocenters. The highest BCUT2D eigenvalue weighted by Crippen LogP contribution is 2.14. The van der Waals surface area contributed by atoms with Gasteiger partial charge < -0.3 is 15.0 Å². The van der Waals surface area contributed by atoms with Crippen molar-refractivity contribution in [2.45, 2.75) is 19.8 Å². The fraction of sp³-hybridized carbons (Fsp3) is 0.533. The van der Waals surface area contributed by atoms with Crippen LogP contribution >= 0.6 is 0 Å². The second kappa shape index (κ2) is 6.57. The Morgan fingerprint density at radius 3 is 2.79 bits per heavy atom. The number of methoxy groups -OCH3 is 1. The number of piperidine rings is 1. The normalized spacial score (nSPS) is 22.8. The third kappa shape index (κ3) is 4.24. The Kier molecular flexibility index (Phi) is 4.80. The van der Waals surface area contributed by atoms with Crippen LogP contribution in [0.15, 0.2) is 24.3 Å². The van der Waals surface area contributed by atoms with E-state index in [9.17, 15) is 4.79 Å². The van der Waals surface area contributed by atoms with Crippen LogP contribution in [0.1, 0.15) is 19.8 Å². The average Bonchev–Trinajstić information content (AvgIpc) is 2.39. The van der Waals surface area contributed by atoms with E-state index >= 15 is 0 Å². The molecule has 2 N–H and O–H groups in total. The second-order valence-corrected chi connectivity index (χ2v) is 5.40. The zero-order chi connectivity index (χ0) is 13.7. The van der Waals surface area contributed by atoms with Crippen LogP contribution in [0.3, 0.4) is 0 Å². The Hall–Kier alpha value is -1.55. The molecule has 0 saturated carbocycles. The minimum atomic E-state index is 0.0919. The van der Waals surface area contributed by atoms with E-state index in [0.717, 1.165) is 30.4 Å². The molecule has 0 aromatic heterocycles. The van der Waals surface area contributed by atoms with Gasteiger partial charge in [0.25, 0.3) is 5.91 Å². The lowest BCUT2D eigenvalue weighted by atomic mass is 10.0. The number of benzene rings is 1. The number of hydrogen-bond donors (Lipinski definition) is 2. The van der Waals surface area contributed by atoms with Crippen molar-refractivity contribution in [3.05, 3.63) is 24.3 Å². The van der Waals surface area contributed by atoms with Gasteiger partial charge in [0, 0.05) is 11.6 Å². The number of hydrogen-bond acceptors (Lipinski definition) is 2. The number of nitrogens with one attached hydrogen (secondary N) is 2. The van der Waals surface area contributed by atoms with E-state index in [2.05, 4.69) is 12.2 Å². The summed E-state index contributed by atoms with van der Waals surface area (Å²) in [5.41, 5.74) is 0.829. The van der Waals surface area contributed by atoms with Gasteiger partial charge in [0.05, 0.1) is 20.2 Å². The molecule has 1 aromatic rings. The van der Waals surface area contributed by atoms with Crippen LogP contribution in [0, 0.1) is 5.92 Å². The first-order chi connectivity index (χ1) is 9.17. The molecule has 1 aliphatic rings. The Bertz CT molecular complexity index is 417. The predicted octanol–water partition coefficient (Wildman–Crippen LogP) is 0.948. The van der Waals surface area contributed by atoms with E-state index in [1.54, 1.807) is 7.11 Å². The van der Waals surface area contributed by atoms with Crippen LogP contribution in [0.25, 0.3) is 0 Å². The van der Waals surface area contributed by atoms with Crippen LogP contribution in [0.4, 0.5) is 5.69 Å². The molecule has 1 fully saturated rings. The zero-order valence-corrected chi connectivity index (χ0v) is 11.7. The summed E-state index contributed by atoms with van der Waals surface area (Å²) in [6.45, 7) is 5.05. The molecule has 104 valence electrons. The van der Waals surface area contributed by atoms with Gasteiger partial charge in [-0.25, -0.2) is 0 Å². The van der Waals surface area contributed by atoms with Crippen molar-refractivity contribution in [3.8, 4) is 5.75 Å². The number of amides is 1. The van der Waals surface area contributed by atoms with Gasteiger partial charge >= 0.3 is 0 Å². The Labute approximate surface area is 114 Å². The summed E-state index contributed by atoms with van der Waals surface area (Å²) in [5, 5.41) is 2.94. The van der Waals surface area contributed by atoms with Gasteiger partial charge in [0.2, 0.25) is 0 Å². The molecular formula is C15H23N2O2+. The van der Waals surface area contributed by atoms with Crippen LogP contribution in [-0.2, 0) is 4.79 Å². The fourth-order valence-corrected chi connectivity index (χ4v) is 2.66. The molecule has 0 radical (unpaired) electrons. The van der Waals surface area contributed by atoms with Crippen molar-refractivity contribution in [2.75, 3.05) is 32.1 Å². The highest BCUT2D eigenvalue weighted by Gasteiger charge is 2.21. The summed E-state index contributed by atoms with van der Waals surface area (Å²) in [7, 11) is 1.63. The molecule has 1 aliphatic heterocycles. The quantitative estimate of drug-likeness (QED) is 0.849. The molecule has 0 aliphatic carbocycles. The van der Waals surface area contributed by atoms with Gasteiger partial charge in [-0.15, -0.1) is 0 Å². The van der Waals surface area contributed by atoms with Gasteiger partial charge in [-0.3, -0.25) is 4.79 Å². The Balaban J connectivity index is 1.83. The van der Waals surface area contributed by atoms with Gasteiger partial charge in [0.1, 0.15) is 5.75 Å². The summed E-state index contributed by atoms with van der Waals surface area (Å²) < 4.78 is 5.09. The maximum absolute atomic E-state index is 12.0. The standard InChI is InChI=1S/C15H22N2O2/c1-12-4-3-9-17(10-12)11-15(18)16-13-5-7-14(19-2)8-6-13/h5-8,12H,3-4,9-11H2,1-2H3,(H,16,18)/p+1/t12-/m0/s1. The van der Waals surface area contributed by atoms with Crippen molar-refractivity contribution in [2.24, 2.45) is 5.92 Å². The minimum Gasteiger partial charge on any atom is -0.497 e. The van der Waals surface area contributed by atoms with Crippen LogP contribution in [0.5, 0.6) is 5.75 Å². The molecule has 1 amide bonds. The van der Waals surface area contributed by atoms with E-state index in [0.29, 0.717) is 6.54 Å². The first-order valence-electron chi connectivity index (χ1n) is 6.95. The summed E-state index contributed by atoms with van der Waals surface area (Å²) in [6, 6.07) is 7.44. The lowest BCUT2D eigenvalue weighted by Crippen LogP contribution is -3.14. The van der Waals surface area contributed by atoms with Gasteiger partial charge in [-0.2, -0.15) is 0 Å². The first kappa shape index (κ1) is 13.9. The summed E-state index contributed by atoms with van der Waals surface area (Å²) in [5.74, 6) is 1.63. The summed E-state index contributed by atoms with van der Waals surface area (Å²) in [6.07, 6.45) is 2.52. The van der Waals surface area contributed by atoms with E-state index in [1.165, 1.54) is 17.7 Å². The number of carbonyl (C=O) groups excluding carboxylic acids is 1. The highest BCUT2D eigenvalue weighted by atomic mass is 16.5. The lowest BCUT2D eigenvalue weighted by Gasteiger charge is -2.27. The molecule has 1 unspecified atom stereocenters. The van der Waals surface area contributed by atoms with Gasteiger partial charge in [-0.05, 0) is 37.1 Å². The number of quaternary nitrogens is 1. The zero-order valence-electron chi connectivity index (χ0n) is 11.7. The number of carbonyl (C=O) groups is 1. The number of likely N-dealkylation sites (tertiary alicyclic amines) is 1. The van der Waals surface area contributed by atoms with Gasteiger partial charge in [0.15, 0.2) is 6.54 Å². The van der Waals surface area contributed by atoms with E-state index in [-0.39, 0.29) is 5.91 Å². The Morgan fingerprint density at radius 1 is 1.42 bits per heavy atom. The van der Waals surface area contributed by atoms with Crippen LogP contribution < -0.4 is 15.0 Å². The molecule has 19 heavy (non-hydrogen) atoms. The molecule has 1 heterocycles. The monoisotopic (exact) mass is 263 g/mol. The molecule has 1 aromatic carbocycles. The van der Waals surface area contributed by atoms with Crippen molar-refractivity contribution in [1.29, 1.82) is 0 Å². The minimum absolute atomic E-state index is 0.0919. The summed E-state index contributed by atoms with van der Waals surface area (Å²) >= 11 is 0. The number of anilines is 1. The van der Waals surface area contributed by atoms with E-state index < -0.39 is 0 Å². The molecule has 0 bridgehead atoms. The molecular weight excluding hydrogens is 240 g/mol. The molecule has 4 nitrogen and oxygen atoms in total. The average molecular weight is 263 g/mol. The predicted molar refractivity (Wildman–Crippen MR) is 75.6 cm³/mol. The van der Waals surface area contributed by atoms with E-state index in [1.807, 2.05) is 24.3 Å². The number of rotatable bonds is 4. The second-order valence-electron chi connectivity index (χ2n) is 5.40. The first-order valence-corrected chi connectivity index (χ1v) is 6.95. The van der Waals surface area contributed by atoms with Crippen molar-refractivity contribution in [3.63, 3.8) is 0 Å². The highest BCUT2D eigenvalue weighted by molar-refractivity contribution is 5.91. The maximum atomic E-state index is 12.0. The lowest BCUT2D eigenvalue weighted by molar-refractivity contribution is -0.900. The fourth-order valence-electron chi connectivity index (χ4n) is 2.66. The van der Waals surface area contributed by atoms with Crippen molar-refractivity contribution < 1.29 is 14.4 Å². The molecule has 2 rings (SSSR count). The third-order valence-electron chi connectivity index (χ3n) is 3.65. The molecule has 1 saturated heterocycles. The smallest absolute Gasteiger partial charge is 0.279 e. The summed E-state index contributed by atoms with van der Waals surface area (Å²) in [4.78, 5) is 13.4. The largest absolute Gasteiger partial charge is 0.497 e. The van der Waals surface area contributed by atoms with Crippen molar-refractivity contribution >= 4 is 11.6 Å². The molecule has 4 heteroatoms. The van der Waals surface area contributed by atoms with Crippen LogP contribution in [-0.4, -0.2) is 32.7 Å². The Morgan fingerprint density at radius 2 is 2.16 bits per heavy atom. The topological polar surface area (TPSA) is 42.8 Å². The third-order valence-corrected chi connectivity index (χ3v) is 3.65. The van der Waals surface area contributed by atoms with Gasteiger partial charge in [-0.1, -0.05) is 6.92 Å². The molecule has 0 spiro atoms. The van der Waals surface area contributed by atoms with Crippen molar-refractivity contribution in [1.82, 2.24) is 0 Å². The van der Waals surface area contributed by atoms with E-state index in [4.69, 9.17) is 4.74 Å².